The summed E-state index contributed by atoms with van der Waals surface area (Å²) in [5.41, 5.74) is -0.337. The summed E-state index contributed by atoms with van der Waals surface area (Å²) in [4.78, 5) is 39.4. The van der Waals surface area contributed by atoms with E-state index < -0.39 is 5.92 Å². The predicted molar refractivity (Wildman–Crippen MR) is 121 cm³/mol. The first kappa shape index (κ1) is 26.9. The van der Waals surface area contributed by atoms with Gasteiger partial charge in [0.05, 0.1) is 24.6 Å². The summed E-state index contributed by atoms with van der Waals surface area (Å²) >= 11 is 0. The number of aliphatic hydroxyl groups excluding tert-OH is 1. The molecular weight excluding hydrogens is 396 g/mol. The molecule has 0 aromatic carbocycles. The maximum Gasteiger partial charge on any atom is 0.305 e. The number of aliphatic hydroxyl groups is 1. The van der Waals surface area contributed by atoms with Crippen molar-refractivity contribution >= 4 is 17.8 Å². The molecular formula is C24H40N2O5. The lowest BCUT2D eigenvalue weighted by atomic mass is 9.86. The molecule has 0 spiro atoms. The minimum Gasteiger partial charge on any atom is -0.463 e. The average Bonchev–Trinajstić information content (AvgIpc) is 3.18. The highest BCUT2D eigenvalue weighted by atomic mass is 16.5. The van der Waals surface area contributed by atoms with Crippen LogP contribution in [-0.2, 0) is 19.1 Å². The molecule has 1 saturated heterocycles. The van der Waals surface area contributed by atoms with E-state index in [9.17, 15) is 19.5 Å². The lowest BCUT2D eigenvalue weighted by molar-refractivity contribution is -0.146. The molecule has 1 aliphatic rings. The molecule has 1 fully saturated rings. The number of amides is 2. The number of nitrogens with zero attached hydrogens (tertiary/aromatic N) is 1. The van der Waals surface area contributed by atoms with Crippen molar-refractivity contribution in [1.82, 2.24) is 10.2 Å². The third-order valence-electron chi connectivity index (χ3n) is 5.71. The molecule has 0 bridgehead atoms. The van der Waals surface area contributed by atoms with Crippen molar-refractivity contribution in [3.05, 3.63) is 25.3 Å². The number of ether oxygens (including phenoxy) is 1. The molecule has 2 N–H and O–H groups in total. The molecule has 0 aromatic rings. The van der Waals surface area contributed by atoms with Gasteiger partial charge in [-0.05, 0) is 37.5 Å². The summed E-state index contributed by atoms with van der Waals surface area (Å²) in [6.45, 7) is 13.9. The zero-order chi connectivity index (χ0) is 23.4. The lowest BCUT2D eigenvalue weighted by Crippen LogP contribution is -2.49. The molecule has 0 radical (unpaired) electrons. The van der Waals surface area contributed by atoms with Crippen LogP contribution in [0, 0.1) is 11.3 Å². The topological polar surface area (TPSA) is 95.9 Å². The van der Waals surface area contributed by atoms with Crippen LogP contribution in [-0.4, -0.2) is 59.6 Å². The van der Waals surface area contributed by atoms with Gasteiger partial charge in [-0.1, -0.05) is 32.9 Å². The van der Waals surface area contributed by atoms with Crippen LogP contribution >= 0.6 is 0 Å². The number of carbonyl (C=O) groups is 3. The third-order valence-corrected chi connectivity index (χ3v) is 5.71. The Morgan fingerprint density at radius 2 is 1.97 bits per heavy atom. The van der Waals surface area contributed by atoms with E-state index in [4.69, 9.17) is 4.74 Å². The van der Waals surface area contributed by atoms with Crippen LogP contribution in [0.2, 0.25) is 0 Å². The Kier molecular flexibility index (Phi) is 11.5. The van der Waals surface area contributed by atoms with E-state index in [0.717, 1.165) is 19.3 Å². The maximum absolute atomic E-state index is 13.0. The second-order valence-corrected chi connectivity index (χ2v) is 9.28. The average molecular weight is 437 g/mol. The zero-order valence-electron chi connectivity index (χ0n) is 19.4. The fourth-order valence-corrected chi connectivity index (χ4v) is 3.60. The van der Waals surface area contributed by atoms with Crippen molar-refractivity contribution in [1.29, 1.82) is 0 Å². The van der Waals surface area contributed by atoms with Gasteiger partial charge in [-0.2, -0.15) is 0 Å². The number of nitrogens with one attached hydrogen (secondary N) is 1. The van der Waals surface area contributed by atoms with Gasteiger partial charge in [-0.3, -0.25) is 14.4 Å². The van der Waals surface area contributed by atoms with E-state index in [2.05, 4.69) is 18.5 Å². The molecule has 0 aromatic heterocycles. The molecule has 7 nitrogen and oxygen atoms in total. The molecule has 2 amide bonds. The molecule has 1 aliphatic heterocycles. The molecule has 0 aliphatic carbocycles. The minimum atomic E-state index is -0.557. The Balaban J connectivity index is 2.73. The van der Waals surface area contributed by atoms with Crippen molar-refractivity contribution < 1.29 is 24.2 Å². The Morgan fingerprint density at radius 1 is 1.26 bits per heavy atom. The summed E-state index contributed by atoms with van der Waals surface area (Å²) in [5.74, 6) is -1.24. The summed E-state index contributed by atoms with van der Waals surface area (Å²) < 4.78 is 5.40. The van der Waals surface area contributed by atoms with E-state index in [0.29, 0.717) is 25.8 Å². The molecule has 31 heavy (non-hydrogen) atoms. The summed E-state index contributed by atoms with van der Waals surface area (Å²) in [7, 11) is 0. The highest BCUT2D eigenvalue weighted by Crippen LogP contribution is 2.23. The van der Waals surface area contributed by atoms with Crippen LogP contribution in [0.3, 0.4) is 0 Å². The van der Waals surface area contributed by atoms with E-state index in [1.54, 1.807) is 17.1 Å². The van der Waals surface area contributed by atoms with Crippen LogP contribution < -0.4 is 5.32 Å². The van der Waals surface area contributed by atoms with Gasteiger partial charge in [0.1, 0.15) is 6.61 Å². The van der Waals surface area contributed by atoms with Crippen molar-refractivity contribution in [2.75, 3.05) is 19.8 Å². The van der Waals surface area contributed by atoms with E-state index in [1.807, 2.05) is 20.8 Å². The van der Waals surface area contributed by atoms with Crippen molar-refractivity contribution in [2.24, 2.45) is 11.3 Å². The molecule has 7 heteroatoms. The lowest BCUT2D eigenvalue weighted by Gasteiger charge is -2.32. The Bertz CT molecular complexity index is 626. The normalized spacial score (nSPS) is 18.2. The highest BCUT2D eigenvalue weighted by molar-refractivity contribution is 5.86. The molecule has 0 unspecified atom stereocenters. The number of hydrogen-bond donors (Lipinski definition) is 2. The molecule has 1 heterocycles. The second kappa shape index (κ2) is 13.3. The van der Waals surface area contributed by atoms with Crippen LogP contribution in [0.1, 0.15) is 65.7 Å². The Labute approximate surface area is 186 Å². The van der Waals surface area contributed by atoms with Crippen LogP contribution in [0.4, 0.5) is 0 Å². The Morgan fingerprint density at radius 3 is 2.55 bits per heavy atom. The monoisotopic (exact) mass is 436 g/mol. The first-order valence-electron chi connectivity index (χ1n) is 11.2. The quantitative estimate of drug-likeness (QED) is 0.263. The van der Waals surface area contributed by atoms with E-state index >= 15 is 0 Å². The van der Waals surface area contributed by atoms with Crippen LogP contribution in [0.25, 0.3) is 0 Å². The predicted octanol–water partition coefficient (Wildman–Crippen LogP) is 2.98. The van der Waals surface area contributed by atoms with Crippen LogP contribution in [0.5, 0.6) is 0 Å². The van der Waals surface area contributed by atoms with E-state index in [-0.39, 0.29) is 54.9 Å². The fraction of sp³-hybridized carbons (Fsp3) is 0.708. The smallest absolute Gasteiger partial charge is 0.305 e. The van der Waals surface area contributed by atoms with Gasteiger partial charge < -0.3 is 20.1 Å². The maximum atomic E-state index is 13.0. The van der Waals surface area contributed by atoms with Crippen LogP contribution in [0.15, 0.2) is 25.3 Å². The second-order valence-electron chi connectivity index (χ2n) is 9.28. The zero-order valence-corrected chi connectivity index (χ0v) is 19.4. The fourth-order valence-electron chi connectivity index (χ4n) is 3.60. The van der Waals surface area contributed by atoms with Gasteiger partial charge in [-0.15, -0.1) is 13.2 Å². The number of allylic oxidation sites excluding steroid dienone is 2. The van der Waals surface area contributed by atoms with Gasteiger partial charge >= 0.3 is 5.97 Å². The largest absolute Gasteiger partial charge is 0.463 e. The van der Waals surface area contributed by atoms with Crippen molar-refractivity contribution in [3.8, 4) is 0 Å². The summed E-state index contributed by atoms with van der Waals surface area (Å²) in [6, 6.07) is -0.550. The highest BCUT2D eigenvalue weighted by Gasteiger charge is 2.33. The molecule has 1 rings (SSSR count). The number of likely N-dealkylation sites (tertiary alicyclic amines) is 1. The minimum absolute atomic E-state index is 0.0612. The SMILES string of the molecule is C=CCCCC(=O)OC[C@@H](NC(=O)[C@@H](CC=C)CC(=O)N1CCC[C@H]1CO)C(C)(C)C. The Hall–Kier alpha value is -2.15. The summed E-state index contributed by atoms with van der Waals surface area (Å²) in [6.07, 6.45) is 7.22. The van der Waals surface area contributed by atoms with Crippen molar-refractivity contribution in [3.63, 3.8) is 0 Å². The van der Waals surface area contributed by atoms with Gasteiger partial charge in [0.2, 0.25) is 11.8 Å². The van der Waals surface area contributed by atoms with Gasteiger partial charge in [0, 0.05) is 19.4 Å². The number of esters is 1. The molecule has 0 saturated carbocycles. The van der Waals surface area contributed by atoms with Gasteiger partial charge in [0.25, 0.3) is 0 Å². The summed E-state index contributed by atoms with van der Waals surface area (Å²) in [5, 5.41) is 12.5. The van der Waals surface area contributed by atoms with Gasteiger partial charge in [-0.25, -0.2) is 0 Å². The number of unbranched alkanes of at least 4 members (excludes halogenated alkanes) is 1. The number of carbonyl (C=O) groups excluding carboxylic acids is 3. The molecule has 176 valence electrons. The van der Waals surface area contributed by atoms with Crippen molar-refractivity contribution in [2.45, 2.75) is 77.8 Å². The first-order valence-corrected chi connectivity index (χ1v) is 11.2. The number of hydrogen-bond acceptors (Lipinski definition) is 5. The first-order chi connectivity index (χ1) is 14.6. The standard InChI is InChI=1S/C24H40N2O5/c1-6-8-9-13-22(29)31-17-20(24(3,4)5)25-23(30)18(11-7-2)15-21(28)26-14-10-12-19(26)16-27/h6-7,18-20,27H,1-2,8-17H2,3-5H3,(H,25,30)/t18-,19-,20+/m0/s1. The number of rotatable bonds is 13. The van der Waals surface area contributed by atoms with E-state index in [1.165, 1.54) is 0 Å². The third kappa shape index (κ3) is 9.25. The molecule has 3 atom stereocenters. The van der Waals surface area contributed by atoms with Gasteiger partial charge in [0.15, 0.2) is 0 Å².